The molecule has 2 atom stereocenters. The number of carbonyl (C=O) groups is 3. The summed E-state index contributed by atoms with van der Waals surface area (Å²) in [6.07, 6.45) is -1.24. The first-order valence-electron chi connectivity index (χ1n) is 9.25. The zero-order chi connectivity index (χ0) is 22.0. The summed E-state index contributed by atoms with van der Waals surface area (Å²) < 4.78 is 20.0. The molecular formula is C18H21Cl2FN4O4S. The largest absolute Gasteiger partial charge is 0.442 e. The average Bonchev–Trinajstić information content (AvgIpc) is 3.06. The standard InChI is InChI=1S/C18H21Cl2FN4O4S/c1-10-8-23(4-5-24(10)18(28)30)14-3-2-11(6-13(14)21)25-9-12(29-17(25)27)7-22-16(26)15(19)20/h2-3,6,10,12,15H,4-5,7-9H2,1H3,(H,22,26)(H,28,30). The maximum atomic E-state index is 14.8. The number of rotatable bonds is 5. The number of thiol groups is 1. The third kappa shape index (κ3) is 5.04. The molecule has 0 radical (unpaired) electrons. The number of ether oxygens (including phenoxy) is 1. The number of alkyl halides is 2. The van der Waals surface area contributed by atoms with Gasteiger partial charge in [0.2, 0.25) is 0 Å². The van der Waals surface area contributed by atoms with Gasteiger partial charge in [0.05, 0.1) is 24.5 Å². The van der Waals surface area contributed by atoms with Crippen molar-refractivity contribution in [1.82, 2.24) is 10.2 Å². The molecule has 12 heteroatoms. The molecule has 2 aliphatic heterocycles. The lowest BCUT2D eigenvalue weighted by molar-refractivity contribution is -0.119. The maximum absolute atomic E-state index is 14.8. The van der Waals surface area contributed by atoms with Gasteiger partial charge in [-0.25, -0.2) is 9.18 Å². The molecule has 0 bridgehead atoms. The minimum atomic E-state index is -1.21. The number of hydrogen-bond donors (Lipinski definition) is 2. The minimum absolute atomic E-state index is 0.0452. The SMILES string of the molecule is CC1CN(c2ccc(N3CC(CNC(=O)C(Cl)Cl)OC3=O)cc2F)CCN1C(=O)S. The number of anilines is 2. The second-order valence-corrected chi connectivity index (χ2v) is 8.55. The molecule has 1 aromatic carbocycles. The van der Waals surface area contributed by atoms with Gasteiger partial charge in [-0.3, -0.25) is 14.5 Å². The van der Waals surface area contributed by atoms with E-state index >= 15 is 0 Å². The number of carbonyl (C=O) groups excluding carboxylic acids is 3. The van der Waals surface area contributed by atoms with Gasteiger partial charge in [0.25, 0.3) is 11.1 Å². The van der Waals surface area contributed by atoms with Gasteiger partial charge >= 0.3 is 6.09 Å². The molecule has 1 aromatic rings. The zero-order valence-corrected chi connectivity index (χ0v) is 18.5. The van der Waals surface area contributed by atoms with Crippen molar-refractivity contribution in [2.75, 3.05) is 42.5 Å². The fraction of sp³-hybridized carbons (Fsp3) is 0.500. The average molecular weight is 479 g/mol. The predicted octanol–water partition coefficient (Wildman–Crippen LogP) is 2.63. The Hall–Kier alpha value is -1.91. The van der Waals surface area contributed by atoms with Gasteiger partial charge in [-0.05, 0) is 25.1 Å². The predicted molar refractivity (Wildman–Crippen MR) is 115 cm³/mol. The normalized spacial score (nSPS) is 21.8. The number of nitrogens with zero attached hydrogens (tertiary/aromatic N) is 3. The van der Waals surface area contributed by atoms with Gasteiger partial charge in [-0.2, -0.15) is 0 Å². The van der Waals surface area contributed by atoms with Crippen LogP contribution >= 0.6 is 35.8 Å². The number of hydrogen-bond acceptors (Lipinski definition) is 5. The summed E-state index contributed by atoms with van der Waals surface area (Å²) in [5.74, 6) is -1.07. The van der Waals surface area contributed by atoms with Crippen molar-refractivity contribution in [3.63, 3.8) is 0 Å². The van der Waals surface area contributed by atoms with Gasteiger partial charge < -0.3 is 19.9 Å². The summed E-state index contributed by atoms with van der Waals surface area (Å²) >= 11 is 14.8. The number of amides is 3. The van der Waals surface area contributed by atoms with E-state index in [0.717, 1.165) is 0 Å². The molecule has 164 valence electrons. The van der Waals surface area contributed by atoms with Gasteiger partial charge in [-0.15, -0.1) is 0 Å². The number of benzene rings is 1. The Kier molecular flexibility index (Phi) is 7.20. The molecule has 2 fully saturated rings. The van der Waals surface area contributed by atoms with Crippen molar-refractivity contribution in [1.29, 1.82) is 0 Å². The van der Waals surface area contributed by atoms with E-state index in [4.69, 9.17) is 27.9 Å². The van der Waals surface area contributed by atoms with E-state index < -0.39 is 28.8 Å². The summed E-state index contributed by atoms with van der Waals surface area (Å²) in [5.41, 5.74) is 0.739. The van der Waals surface area contributed by atoms with Gasteiger partial charge in [0, 0.05) is 25.7 Å². The van der Waals surface area contributed by atoms with E-state index in [2.05, 4.69) is 17.9 Å². The summed E-state index contributed by atoms with van der Waals surface area (Å²) in [6.45, 7) is 3.46. The van der Waals surface area contributed by atoms with Crippen molar-refractivity contribution in [3.8, 4) is 0 Å². The molecular weight excluding hydrogens is 458 g/mol. The van der Waals surface area contributed by atoms with Crippen LogP contribution in [0.5, 0.6) is 0 Å². The highest BCUT2D eigenvalue weighted by Crippen LogP contribution is 2.29. The Bertz CT molecular complexity index is 846. The van der Waals surface area contributed by atoms with Crippen molar-refractivity contribution in [3.05, 3.63) is 24.0 Å². The van der Waals surface area contributed by atoms with E-state index in [-0.39, 0.29) is 24.4 Å². The van der Waals surface area contributed by atoms with Crippen LogP contribution in [0.15, 0.2) is 18.2 Å². The fourth-order valence-corrected chi connectivity index (χ4v) is 3.96. The van der Waals surface area contributed by atoms with E-state index in [1.807, 2.05) is 11.8 Å². The highest BCUT2D eigenvalue weighted by atomic mass is 35.5. The molecule has 2 unspecified atom stereocenters. The minimum Gasteiger partial charge on any atom is -0.442 e. The molecule has 2 saturated heterocycles. The first-order chi connectivity index (χ1) is 14.2. The third-order valence-corrected chi connectivity index (χ3v) is 5.69. The Morgan fingerprint density at radius 3 is 2.67 bits per heavy atom. The lowest BCUT2D eigenvalue weighted by Gasteiger charge is -2.40. The lowest BCUT2D eigenvalue weighted by atomic mass is 10.1. The molecule has 0 spiro atoms. The lowest BCUT2D eigenvalue weighted by Crippen LogP contribution is -2.53. The van der Waals surface area contributed by atoms with E-state index in [1.54, 1.807) is 17.0 Å². The van der Waals surface area contributed by atoms with Crippen LogP contribution < -0.4 is 15.1 Å². The van der Waals surface area contributed by atoms with Crippen LogP contribution in [0.2, 0.25) is 0 Å². The Morgan fingerprint density at radius 1 is 1.33 bits per heavy atom. The monoisotopic (exact) mass is 478 g/mol. The third-order valence-electron chi connectivity index (χ3n) is 5.03. The van der Waals surface area contributed by atoms with Crippen LogP contribution in [0.3, 0.4) is 0 Å². The van der Waals surface area contributed by atoms with Gasteiger partial charge in [0.1, 0.15) is 11.9 Å². The van der Waals surface area contributed by atoms with Crippen molar-refractivity contribution >= 4 is 64.4 Å². The summed E-state index contributed by atoms with van der Waals surface area (Å²) in [4.78, 5) is 38.7. The van der Waals surface area contributed by atoms with E-state index in [0.29, 0.717) is 31.0 Å². The molecule has 2 aliphatic rings. The molecule has 0 aliphatic carbocycles. The molecule has 3 amide bonds. The highest BCUT2D eigenvalue weighted by molar-refractivity contribution is 7.96. The Balaban J connectivity index is 1.65. The van der Waals surface area contributed by atoms with Crippen molar-refractivity contribution < 1.29 is 23.5 Å². The topological polar surface area (TPSA) is 82.2 Å². The second kappa shape index (κ2) is 9.49. The quantitative estimate of drug-likeness (QED) is 0.502. The summed E-state index contributed by atoms with van der Waals surface area (Å²) in [7, 11) is 0. The van der Waals surface area contributed by atoms with E-state index in [9.17, 15) is 18.8 Å². The first-order valence-corrected chi connectivity index (χ1v) is 10.6. The van der Waals surface area contributed by atoms with Crippen molar-refractivity contribution in [2.45, 2.75) is 23.9 Å². The smallest absolute Gasteiger partial charge is 0.414 e. The maximum Gasteiger partial charge on any atom is 0.414 e. The molecule has 0 saturated carbocycles. The van der Waals surface area contributed by atoms with Crippen LogP contribution in [-0.4, -0.2) is 71.8 Å². The van der Waals surface area contributed by atoms with E-state index in [1.165, 1.54) is 11.0 Å². The second-order valence-electron chi connectivity index (χ2n) is 7.07. The summed E-state index contributed by atoms with van der Waals surface area (Å²) in [5, 5.41) is 2.17. The van der Waals surface area contributed by atoms with Crippen LogP contribution in [0.1, 0.15) is 6.92 Å². The Morgan fingerprint density at radius 2 is 2.07 bits per heavy atom. The van der Waals surface area contributed by atoms with Crippen LogP contribution in [0, 0.1) is 5.82 Å². The molecule has 8 nitrogen and oxygen atoms in total. The van der Waals surface area contributed by atoms with Crippen LogP contribution in [0.25, 0.3) is 0 Å². The summed E-state index contributed by atoms with van der Waals surface area (Å²) in [6, 6.07) is 4.40. The van der Waals surface area contributed by atoms with Gasteiger partial charge in [0.15, 0.2) is 4.84 Å². The zero-order valence-electron chi connectivity index (χ0n) is 16.1. The fourth-order valence-electron chi connectivity index (χ4n) is 3.51. The number of nitrogens with one attached hydrogen (secondary N) is 1. The molecule has 0 aromatic heterocycles. The molecule has 2 heterocycles. The number of halogens is 3. The number of piperazine rings is 1. The Labute approximate surface area is 188 Å². The first kappa shape index (κ1) is 22.8. The molecule has 3 rings (SSSR count). The number of cyclic esters (lactones) is 1. The van der Waals surface area contributed by atoms with Crippen LogP contribution in [0.4, 0.5) is 25.4 Å². The molecule has 30 heavy (non-hydrogen) atoms. The highest BCUT2D eigenvalue weighted by Gasteiger charge is 2.34. The van der Waals surface area contributed by atoms with Gasteiger partial charge in [-0.1, -0.05) is 35.8 Å². The van der Waals surface area contributed by atoms with Crippen molar-refractivity contribution in [2.24, 2.45) is 0 Å². The van der Waals surface area contributed by atoms with Crippen LogP contribution in [-0.2, 0) is 9.53 Å². The molecule has 1 N–H and O–H groups in total.